The Morgan fingerprint density at radius 1 is 1.48 bits per heavy atom. The minimum absolute atomic E-state index is 0.102. The van der Waals surface area contributed by atoms with E-state index in [9.17, 15) is 13.6 Å². The summed E-state index contributed by atoms with van der Waals surface area (Å²) in [7, 11) is 0. The predicted octanol–water partition coefficient (Wildman–Crippen LogP) is 2.38. The van der Waals surface area contributed by atoms with Gasteiger partial charge in [-0.05, 0) is 38.4 Å². The van der Waals surface area contributed by atoms with Gasteiger partial charge in [0.25, 0.3) is 0 Å². The van der Waals surface area contributed by atoms with Crippen molar-refractivity contribution in [1.82, 2.24) is 9.88 Å². The minimum Gasteiger partial charge on any atom is -0.441 e. The molecule has 1 aromatic carbocycles. The van der Waals surface area contributed by atoms with Gasteiger partial charge in [-0.3, -0.25) is 9.69 Å². The van der Waals surface area contributed by atoms with E-state index < -0.39 is 11.6 Å². The number of carbonyl (C=O) groups is 1. The van der Waals surface area contributed by atoms with Crippen LogP contribution in [0.5, 0.6) is 0 Å². The molecule has 2 N–H and O–H groups in total. The molecule has 0 spiro atoms. The van der Waals surface area contributed by atoms with E-state index in [4.69, 9.17) is 10.2 Å². The van der Waals surface area contributed by atoms with Crippen LogP contribution in [0.1, 0.15) is 24.3 Å². The van der Waals surface area contributed by atoms with E-state index in [0.29, 0.717) is 18.0 Å². The zero-order chi connectivity index (χ0) is 16.6. The Bertz CT molecular complexity index is 745. The number of oxazole rings is 1. The maximum atomic E-state index is 13.8. The topological polar surface area (TPSA) is 72.4 Å². The zero-order valence-electron chi connectivity index (χ0n) is 12.7. The summed E-state index contributed by atoms with van der Waals surface area (Å²) in [6.45, 7) is 2.88. The van der Waals surface area contributed by atoms with Crippen molar-refractivity contribution in [3.8, 4) is 11.5 Å². The summed E-state index contributed by atoms with van der Waals surface area (Å²) < 4.78 is 32.3. The third-order valence-electron chi connectivity index (χ3n) is 4.10. The van der Waals surface area contributed by atoms with E-state index in [1.54, 1.807) is 6.92 Å². The molecule has 2 aromatic rings. The van der Waals surface area contributed by atoms with Gasteiger partial charge in [0, 0.05) is 12.6 Å². The molecule has 0 unspecified atom stereocenters. The number of rotatable bonds is 4. The SMILES string of the molecule is Cc1oc(-c2ccc(F)cc2F)nc1CN1CCC[C@H]1C(N)=O. The van der Waals surface area contributed by atoms with Gasteiger partial charge in [-0.15, -0.1) is 0 Å². The number of hydrogen-bond donors (Lipinski definition) is 1. The number of halogens is 2. The first-order chi connectivity index (χ1) is 11.0. The van der Waals surface area contributed by atoms with E-state index in [1.807, 2.05) is 4.90 Å². The Hall–Kier alpha value is -2.28. The van der Waals surface area contributed by atoms with Gasteiger partial charge in [-0.2, -0.15) is 0 Å². The fraction of sp³-hybridized carbons (Fsp3) is 0.375. The molecule has 0 radical (unpaired) electrons. The van der Waals surface area contributed by atoms with Gasteiger partial charge in [0.15, 0.2) is 0 Å². The molecule has 7 heteroatoms. The van der Waals surface area contributed by atoms with Gasteiger partial charge >= 0.3 is 0 Å². The average molecular weight is 321 g/mol. The smallest absolute Gasteiger partial charge is 0.234 e. The molecule has 1 saturated heterocycles. The maximum absolute atomic E-state index is 13.8. The number of aryl methyl sites for hydroxylation is 1. The molecule has 122 valence electrons. The van der Waals surface area contributed by atoms with Crippen molar-refractivity contribution >= 4 is 5.91 Å². The highest BCUT2D eigenvalue weighted by Crippen LogP contribution is 2.27. The first-order valence-corrected chi connectivity index (χ1v) is 7.41. The Balaban J connectivity index is 1.85. The predicted molar refractivity (Wildman–Crippen MR) is 79.2 cm³/mol. The monoisotopic (exact) mass is 321 g/mol. The molecule has 1 aliphatic heterocycles. The molecule has 3 rings (SSSR count). The van der Waals surface area contributed by atoms with Gasteiger partial charge in [0.05, 0.1) is 17.3 Å². The molecule has 1 aliphatic rings. The molecular weight excluding hydrogens is 304 g/mol. The second kappa shape index (κ2) is 6.08. The van der Waals surface area contributed by atoms with Gasteiger partial charge in [0.1, 0.15) is 17.4 Å². The molecule has 1 fully saturated rings. The summed E-state index contributed by atoms with van der Waals surface area (Å²) in [6, 6.07) is 2.93. The molecule has 0 saturated carbocycles. The van der Waals surface area contributed by atoms with Gasteiger partial charge in [-0.25, -0.2) is 13.8 Å². The van der Waals surface area contributed by atoms with Crippen molar-refractivity contribution in [2.24, 2.45) is 5.73 Å². The Morgan fingerprint density at radius 3 is 2.96 bits per heavy atom. The van der Waals surface area contributed by atoms with Gasteiger partial charge in [-0.1, -0.05) is 0 Å². The fourth-order valence-corrected chi connectivity index (χ4v) is 2.88. The highest BCUT2D eigenvalue weighted by molar-refractivity contribution is 5.80. The lowest BCUT2D eigenvalue weighted by Crippen LogP contribution is -2.39. The largest absolute Gasteiger partial charge is 0.441 e. The van der Waals surface area contributed by atoms with Crippen LogP contribution in [0.2, 0.25) is 0 Å². The lowest BCUT2D eigenvalue weighted by molar-refractivity contribution is -0.122. The Kier molecular flexibility index (Phi) is 4.12. The molecule has 1 amide bonds. The number of nitrogens with two attached hydrogens (primary N) is 1. The van der Waals surface area contributed by atoms with Crippen molar-refractivity contribution in [3.05, 3.63) is 41.3 Å². The number of aromatic nitrogens is 1. The summed E-state index contributed by atoms with van der Waals surface area (Å²) in [6.07, 6.45) is 1.62. The van der Waals surface area contributed by atoms with Gasteiger partial charge in [0.2, 0.25) is 11.8 Å². The highest BCUT2D eigenvalue weighted by Gasteiger charge is 2.30. The lowest BCUT2D eigenvalue weighted by atomic mass is 10.2. The van der Waals surface area contributed by atoms with Gasteiger partial charge < -0.3 is 10.2 Å². The Labute approximate surface area is 132 Å². The summed E-state index contributed by atoms with van der Waals surface area (Å²) >= 11 is 0. The maximum Gasteiger partial charge on any atom is 0.234 e. The molecule has 0 bridgehead atoms. The third kappa shape index (κ3) is 3.10. The number of nitrogens with zero attached hydrogens (tertiary/aromatic N) is 2. The summed E-state index contributed by atoms with van der Waals surface area (Å²) in [5.41, 5.74) is 6.13. The number of carbonyl (C=O) groups excluding carboxylic acids is 1. The lowest BCUT2D eigenvalue weighted by Gasteiger charge is -2.20. The van der Waals surface area contributed by atoms with E-state index >= 15 is 0 Å². The fourth-order valence-electron chi connectivity index (χ4n) is 2.88. The van der Waals surface area contributed by atoms with Crippen molar-refractivity contribution in [2.45, 2.75) is 32.4 Å². The molecule has 1 aromatic heterocycles. The van der Waals surface area contributed by atoms with Crippen molar-refractivity contribution in [2.75, 3.05) is 6.54 Å². The van der Waals surface area contributed by atoms with Crippen molar-refractivity contribution in [3.63, 3.8) is 0 Å². The second-order valence-electron chi connectivity index (χ2n) is 5.68. The number of hydrogen-bond acceptors (Lipinski definition) is 4. The van der Waals surface area contributed by atoms with Crippen LogP contribution in [0.4, 0.5) is 8.78 Å². The van der Waals surface area contributed by atoms with Crippen LogP contribution in [-0.4, -0.2) is 28.4 Å². The van der Waals surface area contributed by atoms with Crippen LogP contribution in [-0.2, 0) is 11.3 Å². The van der Waals surface area contributed by atoms with Crippen molar-refractivity contribution in [1.29, 1.82) is 0 Å². The second-order valence-corrected chi connectivity index (χ2v) is 5.68. The molecule has 5 nitrogen and oxygen atoms in total. The molecule has 1 atom stereocenters. The number of primary amides is 1. The number of amides is 1. The summed E-state index contributed by atoms with van der Waals surface area (Å²) in [5.74, 6) is -1.10. The highest BCUT2D eigenvalue weighted by atomic mass is 19.1. The third-order valence-corrected chi connectivity index (χ3v) is 4.10. The average Bonchev–Trinajstić information content (AvgIpc) is 3.07. The van der Waals surface area contributed by atoms with Crippen LogP contribution in [0.25, 0.3) is 11.5 Å². The number of likely N-dealkylation sites (tertiary alicyclic amines) is 1. The van der Waals surface area contributed by atoms with E-state index in [2.05, 4.69) is 4.98 Å². The first-order valence-electron chi connectivity index (χ1n) is 7.41. The van der Waals surface area contributed by atoms with Crippen LogP contribution < -0.4 is 5.73 Å². The molecule has 2 heterocycles. The standard InChI is InChI=1S/C16H17F2N3O2/c1-9-13(8-21-6-2-3-14(21)15(19)22)20-16(23-9)11-5-4-10(17)7-12(11)18/h4-5,7,14H,2-3,6,8H2,1H3,(H2,19,22)/t14-/m0/s1. The van der Waals surface area contributed by atoms with Crippen LogP contribution >= 0.6 is 0 Å². The van der Waals surface area contributed by atoms with E-state index in [0.717, 1.165) is 31.5 Å². The minimum atomic E-state index is -0.728. The first kappa shape index (κ1) is 15.6. The molecule has 23 heavy (non-hydrogen) atoms. The molecule has 0 aliphatic carbocycles. The summed E-state index contributed by atoms with van der Waals surface area (Å²) in [5, 5.41) is 0. The quantitative estimate of drug-likeness (QED) is 0.938. The van der Waals surface area contributed by atoms with Crippen LogP contribution in [0.3, 0.4) is 0 Å². The van der Waals surface area contributed by atoms with Crippen LogP contribution in [0.15, 0.2) is 22.6 Å². The van der Waals surface area contributed by atoms with E-state index in [-0.39, 0.29) is 23.4 Å². The normalized spacial score (nSPS) is 18.5. The Morgan fingerprint density at radius 2 is 2.26 bits per heavy atom. The number of benzene rings is 1. The summed E-state index contributed by atoms with van der Waals surface area (Å²) in [4.78, 5) is 17.7. The van der Waals surface area contributed by atoms with Crippen LogP contribution in [0, 0.1) is 18.6 Å². The van der Waals surface area contributed by atoms with E-state index in [1.165, 1.54) is 6.07 Å². The zero-order valence-corrected chi connectivity index (χ0v) is 12.7. The molecular formula is C16H17F2N3O2. The van der Waals surface area contributed by atoms with Crippen molar-refractivity contribution < 1.29 is 18.0 Å².